The van der Waals surface area contributed by atoms with Gasteiger partial charge in [0.25, 0.3) is 23.6 Å². The van der Waals surface area contributed by atoms with Crippen LogP contribution in [0.3, 0.4) is 0 Å². The number of pyridine rings is 1. The smallest absolute Gasteiger partial charge is 0.271 e. The molecule has 9 aromatic rings. The summed E-state index contributed by atoms with van der Waals surface area (Å²) in [5.74, 6) is -6.23. The number of aliphatic hydroxyl groups excluding tert-OH is 3. The van der Waals surface area contributed by atoms with Crippen LogP contribution in [0.1, 0.15) is 111 Å². The number of thiazole rings is 6. The highest BCUT2D eigenvalue weighted by Crippen LogP contribution is 2.43. The number of primary amides is 2. The summed E-state index contributed by atoms with van der Waals surface area (Å²) in [7, 11) is 0. The molecule has 0 radical (unpaired) electrons. The summed E-state index contributed by atoms with van der Waals surface area (Å²) in [4.78, 5) is 131. The molecule has 7 aromatic heterocycles. The van der Waals surface area contributed by atoms with E-state index in [1.807, 2.05) is 0 Å². The number of carbonyl (C=O) groups is 7. The van der Waals surface area contributed by atoms with Crippen LogP contribution in [0, 0.1) is 12.8 Å². The third kappa shape index (κ3) is 12.3. The summed E-state index contributed by atoms with van der Waals surface area (Å²) in [6, 6.07) is 11.2. The number of hydrogen-bond acceptors (Lipinski definition) is 24. The van der Waals surface area contributed by atoms with Crippen LogP contribution in [0.5, 0.6) is 5.75 Å². The molecule has 1 fully saturated rings. The second-order valence-corrected chi connectivity index (χ2v) is 25.4. The highest BCUT2D eigenvalue weighted by atomic mass is 32.1. The van der Waals surface area contributed by atoms with Crippen LogP contribution >= 0.6 is 68.0 Å². The molecule has 7 amide bonds. The van der Waals surface area contributed by atoms with Crippen LogP contribution in [0.2, 0.25) is 0 Å². The first-order chi connectivity index (χ1) is 41.3. The first-order valence-electron chi connectivity index (χ1n) is 26.0. The predicted octanol–water partition coefficient (Wildman–Crippen LogP) is 5.32. The number of benzene rings is 2. The third-order valence-corrected chi connectivity index (χ3v) is 19.5. The van der Waals surface area contributed by atoms with Gasteiger partial charge in [0, 0.05) is 56.2 Å². The minimum Gasteiger partial charge on any atom is -0.506 e. The van der Waals surface area contributed by atoms with E-state index in [0.29, 0.717) is 64.4 Å². The molecule has 11 rings (SSSR count). The lowest BCUT2D eigenvalue weighted by Gasteiger charge is -2.29. The molecule has 2 aliphatic heterocycles. The van der Waals surface area contributed by atoms with Crippen molar-refractivity contribution in [1.82, 2.24) is 55.7 Å². The summed E-state index contributed by atoms with van der Waals surface area (Å²) in [6.07, 6.45) is -3.16. The number of nitrogens with one attached hydrogen (secondary N) is 4. The zero-order valence-corrected chi connectivity index (χ0v) is 49.8. The molecule has 86 heavy (non-hydrogen) atoms. The van der Waals surface area contributed by atoms with Gasteiger partial charge in [-0.15, -0.1) is 68.0 Å². The van der Waals surface area contributed by atoms with E-state index in [2.05, 4.69) is 36.2 Å². The fourth-order valence-corrected chi connectivity index (χ4v) is 15.0. The number of rotatable bonds is 10. The predicted molar refractivity (Wildman–Crippen MR) is 320 cm³/mol. The minimum atomic E-state index is -1.46. The number of nitrogens with two attached hydrogens (primary N) is 2. The summed E-state index contributed by atoms with van der Waals surface area (Å²) in [5.41, 5.74) is 13.6. The zero-order chi connectivity index (χ0) is 60.7. The van der Waals surface area contributed by atoms with Gasteiger partial charge in [-0.1, -0.05) is 43.3 Å². The Labute approximate surface area is 511 Å². The highest BCUT2D eigenvalue weighted by Gasteiger charge is 2.45. The summed E-state index contributed by atoms with van der Waals surface area (Å²) in [5, 5.41) is 64.3. The largest absolute Gasteiger partial charge is 0.506 e. The average Bonchev–Trinajstić information content (AvgIpc) is 3.38. The molecular formula is C55H48N14O11S6. The normalized spacial score (nSPS) is 19.4. The van der Waals surface area contributed by atoms with E-state index in [-0.39, 0.29) is 57.2 Å². The molecule has 0 saturated carbocycles. The number of amides is 7. The molecule has 0 aliphatic carbocycles. The number of hydrogen-bond donors (Lipinski definition) is 10. The molecule has 9 heterocycles. The molecule has 2 aliphatic rings. The van der Waals surface area contributed by atoms with Crippen molar-refractivity contribution in [3.05, 3.63) is 141 Å². The Kier molecular flexibility index (Phi) is 17.0. The van der Waals surface area contributed by atoms with E-state index in [0.717, 1.165) is 45.3 Å². The van der Waals surface area contributed by atoms with Crippen LogP contribution in [0.15, 0.2) is 87.6 Å². The highest BCUT2D eigenvalue weighted by molar-refractivity contribution is 7.15. The van der Waals surface area contributed by atoms with Gasteiger partial charge in [-0.25, -0.2) is 34.9 Å². The van der Waals surface area contributed by atoms with E-state index >= 15 is 4.79 Å². The van der Waals surface area contributed by atoms with Gasteiger partial charge in [-0.05, 0) is 42.3 Å². The van der Waals surface area contributed by atoms with Gasteiger partial charge in [0.1, 0.15) is 100 Å². The minimum absolute atomic E-state index is 0.0391. The Bertz CT molecular complexity index is 4120. The van der Waals surface area contributed by atoms with Gasteiger partial charge in [-0.3, -0.25) is 33.6 Å². The second kappa shape index (κ2) is 24.7. The quantitative estimate of drug-likeness (QED) is 0.0775. The van der Waals surface area contributed by atoms with Crippen molar-refractivity contribution in [2.24, 2.45) is 17.4 Å². The monoisotopic (exact) mass is 1270 g/mol. The van der Waals surface area contributed by atoms with Crippen LogP contribution in [0.25, 0.3) is 43.4 Å². The molecule has 10 bridgehead atoms. The number of nitrogens with zero attached hydrogens (tertiary/aromatic N) is 8. The third-order valence-electron chi connectivity index (χ3n) is 14.0. The summed E-state index contributed by atoms with van der Waals surface area (Å²) >= 11 is 6.69. The van der Waals surface area contributed by atoms with E-state index in [9.17, 15) is 49.2 Å². The number of aryl methyl sites for hydroxylation is 1. The molecule has 7 atom stereocenters. The topological polar surface area (TPSA) is 394 Å². The SMILES string of the molecule is Cc1sc2nc1C(=O)N[C@@H]([C@H](O)c1ccccc1)c1nc(cs1)C(=O)N[C@@H](Cc1ccc(O)c(NC(=O)CO)c1)C(=O)N1C[C@H](O)[C@H](C)[C@@H]1c1nc(cs1)-c1nc(cs1)-c1nc(-c3nc(C(N)=O)cs3)ccc1-c1nc(cs1)C(=O)N[C@H]2CC(N)=O. The number of phenolic OH excluding ortho intramolecular Hbond substituents is 1. The van der Waals surface area contributed by atoms with E-state index in [1.54, 1.807) is 67.1 Å². The van der Waals surface area contributed by atoms with Gasteiger partial charge in [0.2, 0.25) is 17.7 Å². The van der Waals surface area contributed by atoms with Crippen LogP contribution in [0.4, 0.5) is 5.69 Å². The van der Waals surface area contributed by atoms with Gasteiger partial charge < -0.3 is 58.1 Å². The van der Waals surface area contributed by atoms with Crippen molar-refractivity contribution >= 4 is 115 Å². The number of phenols is 1. The Morgan fingerprint density at radius 3 is 2.12 bits per heavy atom. The number of anilines is 1. The standard InChI is InChI=1S/C55H48N14O11S6/c1-22-37(72)15-69-43(22)54-66-35(21-85-54)51-62-31(17-82-51)41-26(9-10-27(59-41)50-63-32(18-83-50)45(57)76)49-64-33(19-81-49)46(77)60-29(14-38(56)73)52-68-40(23(2)86-52)48(79)67-42(44(75)25-6-4-3-5-7-25)53-65-34(20-84-53)47(78)61-30(55(69)80)13-24-8-11-36(71)28(12-24)58-39(74)16-70/h3-12,17-22,29-30,37,42-44,70-72,75H,13-16H2,1-2H3,(H2,56,73)(H2,57,76)(H,58,74)(H,60,77)(H,61,78)(H,67,79)/t22-,29-,30-,37-,42-,43+,44+/m0/s1. The Balaban J connectivity index is 1.02. The zero-order valence-electron chi connectivity index (χ0n) is 44.9. The molecule has 12 N–H and O–H groups in total. The molecule has 25 nitrogen and oxygen atoms in total. The number of aliphatic hydroxyl groups is 3. The van der Waals surface area contributed by atoms with Crippen LogP contribution in [-0.4, -0.2) is 127 Å². The van der Waals surface area contributed by atoms with Crippen molar-refractivity contribution in [3.63, 3.8) is 0 Å². The second-order valence-electron chi connectivity index (χ2n) is 19.8. The van der Waals surface area contributed by atoms with Gasteiger partial charge >= 0.3 is 0 Å². The van der Waals surface area contributed by atoms with Crippen molar-refractivity contribution in [2.75, 3.05) is 18.5 Å². The first-order valence-corrected chi connectivity index (χ1v) is 31.2. The summed E-state index contributed by atoms with van der Waals surface area (Å²) < 4.78 is 0. The molecule has 1 saturated heterocycles. The fraction of sp³-hybridized carbons (Fsp3) is 0.236. The lowest BCUT2D eigenvalue weighted by molar-refractivity contribution is -0.134. The lowest BCUT2D eigenvalue weighted by atomic mass is 10.00. The Morgan fingerprint density at radius 2 is 1.37 bits per heavy atom. The molecule has 0 spiro atoms. The first kappa shape index (κ1) is 59.1. The number of fused-ring (bicyclic) bond motifs is 16. The maximum absolute atomic E-state index is 15.3. The maximum atomic E-state index is 15.3. The van der Waals surface area contributed by atoms with Crippen molar-refractivity contribution < 1.29 is 54.0 Å². The van der Waals surface area contributed by atoms with Crippen molar-refractivity contribution in [1.29, 1.82) is 0 Å². The molecule has 0 unspecified atom stereocenters. The molecule has 31 heteroatoms. The van der Waals surface area contributed by atoms with Crippen LogP contribution < -0.4 is 32.7 Å². The van der Waals surface area contributed by atoms with Gasteiger partial charge in [0.15, 0.2) is 0 Å². The maximum Gasteiger partial charge on any atom is 0.271 e. The number of aromatic hydroxyl groups is 1. The van der Waals surface area contributed by atoms with Crippen molar-refractivity contribution in [2.45, 2.75) is 63.1 Å². The molecular weight excluding hydrogens is 1230 g/mol. The van der Waals surface area contributed by atoms with Gasteiger partial charge in [0.05, 0.1) is 36.0 Å². The molecule has 2 aromatic carbocycles. The molecule has 440 valence electrons. The number of aromatic nitrogens is 7. The van der Waals surface area contributed by atoms with Gasteiger partial charge in [-0.2, -0.15) is 0 Å². The van der Waals surface area contributed by atoms with E-state index in [4.69, 9.17) is 31.4 Å². The Morgan fingerprint density at radius 1 is 0.709 bits per heavy atom. The lowest BCUT2D eigenvalue weighted by Crippen LogP contribution is -2.50. The van der Waals surface area contributed by atoms with Crippen LogP contribution in [-0.2, 0) is 20.8 Å². The Hall–Kier alpha value is -8.66. The van der Waals surface area contributed by atoms with E-state index < -0.39 is 96.7 Å². The number of carbonyl (C=O) groups excluding carboxylic acids is 7. The average molecular weight is 1270 g/mol. The van der Waals surface area contributed by atoms with E-state index in [1.165, 1.54) is 61.9 Å². The van der Waals surface area contributed by atoms with Crippen molar-refractivity contribution in [3.8, 4) is 49.1 Å². The fourth-order valence-electron chi connectivity index (χ4n) is 9.68. The summed E-state index contributed by atoms with van der Waals surface area (Å²) in [6.45, 7) is 2.32.